The van der Waals surface area contributed by atoms with Crippen LogP contribution in [0.2, 0.25) is 0 Å². The summed E-state index contributed by atoms with van der Waals surface area (Å²) in [7, 11) is 0. The second-order valence-corrected chi connectivity index (χ2v) is 4.89. The van der Waals surface area contributed by atoms with E-state index in [1.807, 2.05) is 30.3 Å². The number of anilines is 1. The predicted molar refractivity (Wildman–Crippen MR) is 75.4 cm³/mol. The van der Waals surface area contributed by atoms with Crippen LogP contribution in [0.15, 0.2) is 48.5 Å². The first-order valence-corrected chi connectivity index (χ1v) is 6.21. The highest BCUT2D eigenvalue weighted by Crippen LogP contribution is 2.25. The molecule has 0 heterocycles. The van der Waals surface area contributed by atoms with Crippen LogP contribution in [0.3, 0.4) is 0 Å². The maximum Gasteiger partial charge on any atom is 0.104 e. The highest BCUT2D eigenvalue weighted by Gasteiger charge is 2.10. The normalized spacial score (nSPS) is 12.7. The van der Waals surface area contributed by atoms with E-state index in [2.05, 4.69) is 26.0 Å². The molecule has 0 unspecified atom stereocenters. The van der Waals surface area contributed by atoms with Gasteiger partial charge in [-0.25, -0.2) is 0 Å². The first-order valence-electron chi connectivity index (χ1n) is 6.21. The van der Waals surface area contributed by atoms with Crippen LogP contribution in [-0.2, 0) is 0 Å². The largest absolute Gasteiger partial charge is 0.399 e. The Kier molecular flexibility index (Phi) is 3.68. The molecule has 3 N–H and O–H groups in total. The van der Waals surface area contributed by atoms with Crippen molar-refractivity contribution < 1.29 is 5.11 Å². The van der Waals surface area contributed by atoms with Gasteiger partial charge in [-0.2, -0.15) is 0 Å². The Balaban J connectivity index is 2.26. The van der Waals surface area contributed by atoms with Gasteiger partial charge in [-0.3, -0.25) is 0 Å². The lowest BCUT2D eigenvalue weighted by molar-refractivity contribution is 0.220. The summed E-state index contributed by atoms with van der Waals surface area (Å²) in [5.41, 5.74) is 9.39. The lowest BCUT2D eigenvalue weighted by atomic mass is 9.97. The van der Waals surface area contributed by atoms with Crippen LogP contribution >= 0.6 is 0 Å². The molecule has 2 rings (SSSR count). The highest BCUT2D eigenvalue weighted by molar-refractivity contribution is 5.43. The van der Waals surface area contributed by atoms with E-state index >= 15 is 0 Å². The Morgan fingerprint density at radius 1 is 0.889 bits per heavy atom. The molecule has 0 radical (unpaired) electrons. The summed E-state index contributed by atoms with van der Waals surface area (Å²) in [5, 5.41) is 10.3. The molecule has 0 aliphatic carbocycles. The molecule has 2 aromatic rings. The molecule has 94 valence electrons. The van der Waals surface area contributed by atoms with Crippen molar-refractivity contribution in [2.24, 2.45) is 0 Å². The molecule has 18 heavy (non-hydrogen) atoms. The summed E-state index contributed by atoms with van der Waals surface area (Å²) in [4.78, 5) is 0. The number of nitrogen functional groups attached to an aromatic ring is 1. The van der Waals surface area contributed by atoms with E-state index in [0.29, 0.717) is 11.6 Å². The molecule has 0 aliphatic heterocycles. The first-order chi connectivity index (χ1) is 8.58. The molecule has 0 saturated heterocycles. The number of hydrogen-bond acceptors (Lipinski definition) is 2. The first kappa shape index (κ1) is 12.7. The minimum atomic E-state index is -0.616. The number of aliphatic hydroxyl groups excluding tert-OH is 1. The second-order valence-electron chi connectivity index (χ2n) is 4.89. The molecular formula is C16H19NO. The van der Waals surface area contributed by atoms with Crippen LogP contribution in [0.25, 0.3) is 0 Å². The molecular weight excluding hydrogens is 222 g/mol. The zero-order valence-corrected chi connectivity index (χ0v) is 10.8. The maximum absolute atomic E-state index is 10.3. The molecule has 0 aliphatic rings. The minimum absolute atomic E-state index is 0.503. The third kappa shape index (κ3) is 2.71. The van der Waals surface area contributed by atoms with Gasteiger partial charge in [0.05, 0.1) is 0 Å². The van der Waals surface area contributed by atoms with Crippen LogP contribution in [-0.4, -0.2) is 5.11 Å². The van der Waals surface area contributed by atoms with Crippen LogP contribution in [0, 0.1) is 0 Å². The van der Waals surface area contributed by atoms with Crippen molar-refractivity contribution in [2.45, 2.75) is 25.9 Å². The van der Waals surface area contributed by atoms with E-state index in [1.54, 1.807) is 6.07 Å². The molecule has 2 aromatic carbocycles. The van der Waals surface area contributed by atoms with Crippen molar-refractivity contribution in [3.63, 3.8) is 0 Å². The Morgan fingerprint density at radius 3 is 2.06 bits per heavy atom. The fourth-order valence-electron chi connectivity index (χ4n) is 1.98. The number of nitrogens with two attached hydrogens (primary N) is 1. The van der Waals surface area contributed by atoms with E-state index < -0.39 is 6.10 Å². The van der Waals surface area contributed by atoms with Gasteiger partial charge in [0.25, 0.3) is 0 Å². The smallest absolute Gasteiger partial charge is 0.104 e. The summed E-state index contributed by atoms with van der Waals surface area (Å²) < 4.78 is 0. The maximum atomic E-state index is 10.3. The van der Waals surface area contributed by atoms with Crippen molar-refractivity contribution in [3.05, 3.63) is 65.2 Å². The molecule has 0 bridgehead atoms. The van der Waals surface area contributed by atoms with Gasteiger partial charge >= 0.3 is 0 Å². The van der Waals surface area contributed by atoms with E-state index in [9.17, 15) is 5.11 Å². The molecule has 0 aromatic heterocycles. The molecule has 1 atom stereocenters. The topological polar surface area (TPSA) is 46.2 Å². The van der Waals surface area contributed by atoms with Gasteiger partial charge in [0, 0.05) is 5.69 Å². The zero-order chi connectivity index (χ0) is 13.1. The Morgan fingerprint density at radius 2 is 1.50 bits per heavy atom. The van der Waals surface area contributed by atoms with Crippen LogP contribution in [0.1, 0.15) is 42.6 Å². The van der Waals surface area contributed by atoms with Gasteiger partial charge < -0.3 is 10.8 Å². The quantitative estimate of drug-likeness (QED) is 0.808. The number of rotatable bonds is 3. The summed E-state index contributed by atoms with van der Waals surface area (Å²) in [5.74, 6) is 0.503. The fraction of sp³-hybridized carbons (Fsp3) is 0.250. The van der Waals surface area contributed by atoms with Gasteiger partial charge in [0.15, 0.2) is 0 Å². The van der Waals surface area contributed by atoms with Gasteiger partial charge in [-0.1, -0.05) is 50.2 Å². The van der Waals surface area contributed by atoms with E-state index in [1.165, 1.54) is 5.56 Å². The minimum Gasteiger partial charge on any atom is -0.399 e. The monoisotopic (exact) mass is 241 g/mol. The van der Waals surface area contributed by atoms with Crippen molar-refractivity contribution in [3.8, 4) is 0 Å². The summed E-state index contributed by atoms with van der Waals surface area (Å²) in [6.07, 6.45) is -0.616. The highest BCUT2D eigenvalue weighted by atomic mass is 16.3. The SMILES string of the molecule is CC(C)c1ccc([C@@H](O)c2cccc(N)c2)cc1. The molecule has 0 saturated carbocycles. The summed E-state index contributed by atoms with van der Waals surface area (Å²) in [6, 6.07) is 15.4. The Labute approximate surface area is 108 Å². The van der Waals surface area contributed by atoms with Crippen molar-refractivity contribution in [2.75, 3.05) is 5.73 Å². The zero-order valence-electron chi connectivity index (χ0n) is 10.8. The van der Waals surface area contributed by atoms with Gasteiger partial charge in [0.1, 0.15) is 6.10 Å². The molecule has 2 nitrogen and oxygen atoms in total. The third-order valence-corrected chi connectivity index (χ3v) is 3.15. The van der Waals surface area contributed by atoms with Crippen molar-refractivity contribution in [1.29, 1.82) is 0 Å². The molecule has 0 spiro atoms. The average molecular weight is 241 g/mol. The molecule has 0 amide bonds. The number of hydrogen-bond donors (Lipinski definition) is 2. The van der Waals surface area contributed by atoms with Crippen LogP contribution < -0.4 is 5.73 Å². The van der Waals surface area contributed by atoms with Gasteiger partial charge in [0.2, 0.25) is 0 Å². The molecule has 2 heteroatoms. The number of benzene rings is 2. The third-order valence-electron chi connectivity index (χ3n) is 3.15. The Bertz CT molecular complexity index is 517. The van der Waals surface area contributed by atoms with Crippen molar-refractivity contribution in [1.82, 2.24) is 0 Å². The van der Waals surface area contributed by atoms with E-state index in [0.717, 1.165) is 11.1 Å². The van der Waals surface area contributed by atoms with E-state index in [4.69, 9.17) is 5.73 Å². The van der Waals surface area contributed by atoms with Crippen LogP contribution in [0.4, 0.5) is 5.69 Å². The van der Waals surface area contributed by atoms with Crippen LogP contribution in [0.5, 0.6) is 0 Å². The molecule has 0 fully saturated rings. The van der Waals surface area contributed by atoms with Gasteiger partial charge in [-0.05, 0) is 34.7 Å². The lowest BCUT2D eigenvalue weighted by Gasteiger charge is -2.13. The standard InChI is InChI=1S/C16H19NO/c1-11(2)12-6-8-13(9-7-12)16(18)14-4-3-5-15(17)10-14/h3-11,16,18H,17H2,1-2H3/t16-/m1/s1. The van der Waals surface area contributed by atoms with Crippen molar-refractivity contribution >= 4 is 5.69 Å². The summed E-state index contributed by atoms with van der Waals surface area (Å²) in [6.45, 7) is 4.31. The summed E-state index contributed by atoms with van der Waals surface area (Å²) >= 11 is 0. The predicted octanol–water partition coefficient (Wildman–Crippen LogP) is 3.47. The second kappa shape index (κ2) is 5.23. The van der Waals surface area contributed by atoms with E-state index in [-0.39, 0.29) is 0 Å². The fourth-order valence-corrected chi connectivity index (χ4v) is 1.98. The lowest BCUT2D eigenvalue weighted by Crippen LogP contribution is -2.01. The number of aliphatic hydroxyl groups is 1. The van der Waals surface area contributed by atoms with Gasteiger partial charge in [-0.15, -0.1) is 0 Å². The average Bonchev–Trinajstić information content (AvgIpc) is 2.38. The Hall–Kier alpha value is -1.80.